The summed E-state index contributed by atoms with van der Waals surface area (Å²) in [7, 11) is 0. The molecule has 26 heavy (non-hydrogen) atoms. The van der Waals surface area contributed by atoms with Crippen molar-refractivity contribution in [1.82, 2.24) is 4.90 Å². The third-order valence-corrected chi connectivity index (χ3v) is 3.72. The van der Waals surface area contributed by atoms with Gasteiger partial charge in [-0.2, -0.15) is 13.2 Å². The fraction of sp³-hybridized carbons (Fsp3) is 0.263. The molecule has 138 valence electrons. The fourth-order valence-electron chi connectivity index (χ4n) is 2.36. The summed E-state index contributed by atoms with van der Waals surface area (Å²) in [6, 6.07) is 13.0. The average molecular weight is 364 g/mol. The molecule has 0 atom stereocenters. The van der Waals surface area contributed by atoms with E-state index in [1.807, 2.05) is 30.3 Å². The third-order valence-electron chi connectivity index (χ3n) is 3.72. The van der Waals surface area contributed by atoms with Crippen LogP contribution in [0.4, 0.5) is 18.9 Å². The molecule has 0 bridgehead atoms. The van der Waals surface area contributed by atoms with Crippen molar-refractivity contribution in [1.29, 1.82) is 0 Å². The van der Waals surface area contributed by atoms with Crippen LogP contribution in [-0.2, 0) is 22.3 Å². The second-order valence-corrected chi connectivity index (χ2v) is 6.05. The van der Waals surface area contributed by atoms with E-state index in [0.29, 0.717) is 0 Å². The maximum absolute atomic E-state index is 12.8. The van der Waals surface area contributed by atoms with Crippen LogP contribution in [0.1, 0.15) is 25.0 Å². The number of amides is 2. The molecular formula is C19H19F3N2O2. The van der Waals surface area contributed by atoms with Crippen LogP contribution in [0.15, 0.2) is 54.6 Å². The molecular weight excluding hydrogens is 345 g/mol. The molecule has 0 fully saturated rings. The van der Waals surface area contributed by atoms with Crippen molar-refractivity contribution in [2.24, 2.45) is 0 Å². The Labute approximate surface area is 149 Å². The molecule has 7 heteroatoms. The number of nitrogens with zero attached hydrogens (tertiary/aromatic N) is 1. The van der Waals surface area contributed by atoms with E-state index in [1.165, 1.54) is 17.0 Å². The highest BCUT2D eigenvalue weighted by Gasteiger charge is 2.31. The molecule has 0 aromatic heterocycles. The first-order valence-electron chi connectivity index (χ1n) is 8.01. The van der Waals surface area contributed by atoms with Gasteiger partial charge >= 0.3 is 18.0 Å². The van der Waals surface area contributed by atoms with E-state index in [-0.39, 0.29) is 18.3 Å². The lowest BCUT2D eigenvalue weighted by molar-refractivity contribution is -0.144. The van der Waals surface area contributed by atoms with E-state index in [1.54, 1.807) is 13.8 Å². The van der Waals surface area contributed by atoms with E-state index in [4.69, 9.17) is 0 Å². The molecule has 1 N–H and O–H groups in total. The van der Waals surface area contributed by atoms with Gasteiger partial charge in [0, 0.05) is 18.3 Å². The Kier molecular flexibility index (Phi) is 6.02. The van der Waals surface area contributed by atoms with Crippen LogP contribution in [0, 0.1) is 0 Å². The van der Waals surface area contributed by atoms with Gasteiger partial charge in [0.1, 0.15) is 0 Å². The molecule has 0 aliphatic heterocycles. The molecule has 0 unspecified atom stereocenters. The zero-order valence-corrected chi connectivity index (χ0v) is 14.4. The van der Waals surface area contributed by atoms with Gasteiger partial charge in [-0.25, -0.2) is 0 Å². The average Bonchev–Trinajstić information content (AvgIpc) is 2.59. The lowest BCUT2D eigenvalue weighted by atomic mass is 10.1. The molecule has 2 rings (SSSR count). The molecule has 0 heterocycles. The van der Waals surface area contributed by atoms with Crippen LogP contribution in [0.2, 0.25) is 0 Å². The van der Waals surface area contributed by atoms with Crippen molar-refractivity contribution >= 4 is 17.5 Å². The normalized spacial score (nSPS) is 11.3. The van der Waals surface area contributed by atoms with Crippen molar-refractivity contribution in [3.05, 3.63) is 65.7 Å². The van der Waals surface area contributed by atoms with Crippen LogP contribution in [-0.4, -0.2) is 22.8 Å². The summed E-state index contributed by atoms with van der Waals surface area (Å²) in [4.78, 5) is 26.1. The number of alkyl halides is 3. The summed E-state index contributed by atoms with van der Waals surface area (Å²) in [6.07, 6.45) is -4.53. The molecule has 0 saturated heterocycles. The summed E-state index contributed by atoms with van der Waals surface area (Å²) in [5, 5.41) is 2.25. The maximum atomic E-state index is 12.8. The number of rotatable bonds is 4. The van der Waals surface area contributed by atoms with Gasteiger partial charge in [0.15, 0.2) is 0 Å². The summed E-state index contributed by atoms with van der Waals surface area (Å²) >= 11 is 0. The molecule has 0 saturated carbocycles. The van der Waals surface area contributed by atoms with Gasteiger partial charge in [-0.1, -0.05) is 36.4 Å². The SMILES string of the molecule is CC(C)N(Cc1ccccc1)C(=O)C(=O)Nc1cccc(C(F)(F)F)c1. The predicted molar refractivity (Wildman–Crippen MR) is 92.2 cm³/mol. The van der Waals surface area contributed by atoms with Gasteiger partial charge in [0.05, 0.1) is 5.56 Å². The molecule has 0 radical (unpaired) electrons. The van der Waals surface area contributed by atoms with Crippen LogP contribution >= 0.6 is 0 Å². The van der Waals surface area contributed by atoms with Gasteiger partial charge in [-0.15, -0.1) is 0 Å². The number of anilines is 1. The number of hydrogen-bond acceptors (Lipinski definition) is 2. The Hall–Kier alpha value is -2.83. The van der Waals surface area contributed by atoms with E-state index < -0.39 is 23.6 Å². The predicted octanol–water partition coefficient (Wildman–Crippen LogP) is 4.08. The lowest BCUT2D eigenvalue weighted by Gasteiger charge is -2.26. The molecule has 0 spiro atoms. The number of halogens is 3. The van der Waals surface area contributed by atoms with Gasteiger partial charge in [-0.3, -0.25) is 9.59 Å². The van der Waals surface area contributed by atoms with Gasteiger partial charge < -0.3 is 10.2 Å². The molecule has 2 aromatic rings. The zero-order chi connectivity index (χ0) is 19.3. The highest BCUT2D eigenvalue weighted by molar-refractivity contribution is 6.39. The summed E-state index contributed by atoms with van der Waals surface area (Å²) < 4.78 is 38.3. The highest BCUT2D eigenvalue weighted by atomic mass is 19.4. The summed E-state index contributed by atoms with van der Waals surface area (Å²) in [5.41, 5.74) is -0.129. The fourth-order valence-corrected chi connectivity index (χ4v) is 2.36. The maximum Gasteiger partial charge on any atom is 0.416 e. The van der Waals surface area contributed by atoms with Crippen molar-refractivity contribution in [3.8, 4) is 0 Å². The van der Waals surface area contributed by atoms with E-state index in [0.717, 1.165) is 17.7 Å². The van der Waals surface area contributed by atoms with Crippen LogP contribution in [0.3, 0.4) is 0 Å². The Morgan fingerprint density at radius 3 is 2.27 bits per heavy atom. The van der Waals surface area contributed by atoms with E-state index >= 15 is 0 Å². The van der Waals surface area contributed by atoms with E-state index in [9.17, 15) is 22.8 Å². The Bertz CT molecular complexity index is 774. The third kappa shape index (κ3) is 5.08. The summed E-state index contributed by atoms with van der Waals surface area (Å²) in [5.74, 6) is -1.78. The minimum absolute atomic E-state index is 0.0819. The minimum atomic E-state index is -4.53. The first-order chi connectivity index (χ1) is 12.2. The lowest BCUT2D eigenvalue weighted by Crippen LogP contribution is -2.43. The topological polar surface area (TPSA) is 49.4 Å². The second kappa shape index (κ2) is 8.03. The first-order valence-corrected chi connectivity index (χ1v) is 8.01. The smallest absolute Gasteiger partial charge is 0.328 e. The number of carbonyl (C=O) groups is 2. The summed E-state index contributed by atoms with van der Waals surface area (Å²) in [6.45, 7) is 3.75. The van der Waals surface area contributed by atoms with Crippen LogP contribution < -0.4 is 5.32 Å². The molecule has 0 aliphatic carbocycles. The van der Waals surface area contributed by atoms with Gasteiger partial charge in [0.25, 0.3) is 0 Å². The number of carbonyl (C=O) groups excluding carboxylic acids is 2. The monoisotopic (exact) mass is 364 g/mol. The minimum Gasteiger partial charge on any atom is -0.328 e. The number of benzene rings is 2. The van der Waals surface area contributed by atoms with Crippen molar-refractivity contribution in [2.75, 3.05) is 5.32 Å². The van der Waals surface area contributed by atoms with E-state index in [2.05, 4.69) is 5.32 Å². The molecule has 4 nitrogen and oxygen atoms in total. The van der Waals surface area contributed by atoms with Gasteiger partial charge in [0.2, 0.25) is 0 Å². The number of hydrogen-bond donors (Lipinski definition) is 1. The largest absolute Gasteiger partial charge is 0.416 e. The van der Waals surface area contributed by atoms with Crippen molar-refractivity contribution in [3.63, 3.8) is 0 Å². The van der Waals surface area contributed by atoms with Crippen molar-refractivity contribution < 1.29 is 22.8 Å². The quantitative estimate of drug-likeness (QED) is 0.831. The molecule has 0 aliphatic rings. The molecule has 2 amide bonds. The Morgan fingerprint density at radius 1 is 1.04 bits per heavy atom. The molecule has 2 aromatic carbocycles. The standard InChI is InChI=1S/C19H19F3N2O2/c1-13(2)24(12-14-7-4-3-5-8-14)18(26)17(25)23-16-10-6-9-15(11-16)19(20,21)22/h3-11,13H,12H2,1-2H3,(H,23,25). The van der Waals surface area contributed by atoms with Crippen LogP contribution in [0.5, 0.6) is 0 Å². The Morgan fingerprint density at radius 2 is 1.69 bits per heavy atom. The zero-order valence-electron chi connectivity index (χ0n) is 14.4. The first kappa shape index (κ1) is 19.5. The Balaban J connectivity index is 2.13. The number of nitrogens with one attached hydrogen (secondary N) is 1. The second-order valence-electron chi connectivity index (χ2n) is 6.05. The van der Waals surface area contributed by atoms with Crippen molar-refractivity contribution in [2.45, 2.75) is 32.6 Å². The van der Waals surface area contributed by atoms with Gasteiger partial charge in [-0.05, 0) is 37.6 Å². The highest BCUT2D eigenvalue weighted by Crippen LogP contribution is 2.30. The van der Waals surface area contributed by atoms with Crippen LogP contribution in [0.25, 0.3) is 0 Å².